The van der Waals surface area contributed by atoms with Crippen LogP contribution in [0.1, 0.15) is 11.1 Å². The van der Waals surface area contributed by atoms with Crippen molar-refractivity contribution in [2.75, 3.05) is 7.11 Å². The molecule has 1 heterocycles. The summed E-state index contributed by atoms with van der Waals surface area (Å²) in [5.41, 5.74) is 2.37. The highest BCUT2D eigenvalue weighted by molar-refractivity contribution is 7.57. The average Bonchev–Trinajstić information content (AvgIpc) is 2.42. The van der Waals surface area contributed by atoms with E-state index < -0.39 is 7.37 Å². The maximum Gasteiger partial charge on any atom is 0.211 e. The van der Waals surface area contributed by atoms with Gasteiger partial charge in [0, 0.05) is 7.11 Å². The van der Waals surface area contributed by atoms with Gasteiger partial charge in [0.25, 0.3) is 0 Å². The molecule has 0 N–H and O–H groups in total. The summed E-state index contributed by atoms with van der Waals surface area (Å²) in [6, 6.07) is 8.00. The SMILES string of the molecule is COP1(=O)Cc2ccccc2C1. The highest BCUT2D eigenvalue weighted by Crippen LogP contribution is 2.58. The number of rotatable bonds is 1. The Morgan fingerprint density at radius 1 is 1.25 bits per heavy atom. The first-order valence-electron chi connectivity index (χ1n) is 3.94. The van der Waals surface area contributed by atoms with Crippen molar-refractivity contribution in [3.8, 4) is 0 Å². The van der Waals surface area contributed by atoms with Gasteiger partial charge in [0.15, 0.2) is 0 Å². The minimum atomic E-state index is -2.33. The van der Waals surface area contributed by atoms with Crippen molar-refractivity contribution >= 4 is 7.37 Å². The first kappa shape index (κ1) is 8.03. The molecule has 0 bridgehead atoms. The molecule has 0 radical (unpaired) electrons. The van der Waals surface area contributed by atoms with E-state index in [1.165, 1.54) is 18.2 Å². The molecule has 12 heavy (non-hydrogen) atoms. The molecule has 0 spiro atoms. The lowest BCUT2D eigenvalue weighted by Crippen LogP contribution is -1.81. The van der Waals surface area contributed by atoms with Gasteiger partial charge in [0.2, 0.25) is 7.37 Å². The third kappa shape index (κ3) is 1.21. The van der Waals surface area contributed by atoms with Crippen LogP contribution >= 0.6 is 7.37 Å². The number of fused-ring (bicyclic) bond motifs is 1. The molecule has 1 aliphatic heterocycles. The molecule has 0 aromatic heterocycles. The van der Waals surface area contributed by atoms with Crippen molar-refractivity contribution < 1.29 is 9.09 Å². The largest absolute Gasteiger partial charge is 0.331 e. The zero-order valence-electron chi connectivity index (χ0n) is 6.99. The van der Waals surface area contributed by atoms with Gasteiger partial charge in [-0.2, -0.15) is 0 Å². The van der Waals surface area contributed by atoms with Gasteiger partial charge >= 0.3 is 0 Å². The summed E-state index contributed by atoms with van der Waals surface area (Å²) in [5, 5.41) is 0. The van der Waals surface area contributed by atoms with Crippen molar-refractivity contribution in [1.82, 2.24) is 0 Å². The zero-order chi connectivity index (χ0) is 8.60. The van der Waals surface area contributed by atoms with Crippen molar-refractivity contribution in [2.45, 2.75) is 12.3 Å². The first-order chi connectivity index (χ1) is 5.73. The van der Waals surface area contributed by atoms with Crippen molar-refractivity contribution in [2.24, 2.45) is 0 Å². The zero-order valence-corrected chi connectivity index (χ0v) is 7.88. The lowest BCUT2D eigenvalue weighted by Gasteiger charge is -2.05. The molecule has 0 fully saturated rings. The maximum atomic E-state index is 11.8. The van der Waals surface area contributed by atoms with Crippen LogP contribution in [0, 0.1) is 0 Å². The minimum Gasteiger partial charge on any atom is -0.331 e. The van der Waals surface area contributed by atoms with E-state index in [0.29, 0.717) is 12.3 Å². The quantitative estimate of drug-likeness (QED) is 0.624. The molecule has 64 valence electrons. The molecule has 0 aliphatic carbocycles. The van der Waals surface area contributed by atoms with E-state index in [0.717, 1.165) is 0 Å². The molecule has 3 heteroatoms. The van der Waals surface area contributed by atoms with Gasteiger partial charge in [-0.15, -0.1) is 0 Å². The summed E-state index contributed by atoms with van der Waals surface area (Å²) in [6.07, 6.45) is 1.22. The van der Waals surface area contributed by atoms with Crippen LogP contribution in [0.15, 0.2) is 24.3 Å². The Labute approximate surface area is 72.0 Å². The molecule has 0 unspecified atom stereocenters. The smallest absolute Gasteiger partial charge is 0.211 e. The fraction of sp³-hybridized carbons (Fsp3) is 0.333. The monoisotopic (exact) mass is 182 g/mol. The standard InChI is InChI=1S/C9H11O2P/c1-11-12(10)6-8-4-2-3-5-9(8)7-12/h2-5H,6-7H2,1H3. The van der Waals surface area contributed by atoms with Gasteiger partial charge in [-0.05, 0) is 11.1 Å². The molecule has 1 aromatic carbocycles. The summed E-state index contributed by atoms with van der Waals surface area (Å²) in [7, 11) is -0.798. The molecular weight excluding hydrogens is 171 g/mol. The van der Waals surface area contributed by atoms with E-state index in [9.17, 15) is 4.57 Å². The lowest BCUT2D eigenvalue weighted by molar-refractivity contribution is 0.394. The Morgan fingerprint density at radius 2 is 1.75 bits per heavy atom. The Bertz CT molecular complexity index is 317. The van der Waals surface area contributed by atoms with Gasteiger partial charge < -0.3 is 4.52 Å². The second-order valence-electron chi connectivity index (χ2n) is 3.08. The van der Waals surface area contributed by atoms with Crippen LogP contribution in [-0.2, 0) is 21.4 Å². The van der Waals surface area contributed by atoms with Gasteiger partial charge in [-0.1, -0.05) is 24.3 Å². The third-order valence-corrected chi connectivity index (χ3v) is 4.58. The van der Waals surface area contributed by atoms with Crippen LogP contribution in [0.25, 0.3) is 0 Å². The predicted molar refractivity (Wildman–Crippen MR) is 48.5 cm³/mol. The fourth-order valence-electron chi connectivity index (χ4n) is 1.57. The second-order valence-corrected chi connectivity index (χ2v) is 5.71. The van der Waals surface area contributed by atoms with Gasteiger partial charge in [0.05, 0.1) is 12.3 Å². The van der Waals surface area contributed by atoms with E-state index >= 15 is 0 Å². The van der Waals surface area contributed by atoms with E-state index in [2.05, 4.69) is 0 Å². The molecule has 0 saturated carbocycles. The van der Waals surface area contributed by atoms with E-state index in [1.807, 2.05) is 24.3 Å². The normalized spacial score (nSPS) is 19.1. The maximum absolute atomic E-state index is 11.8. The summed E-state index contributed by atoms with van der Waals surface area (Å²) in [4.78, 5) is 0. The topological polar surface area (TPSA) is 26.3 Å². The van der Waals surface area contributed by atoms with E-state index in [1.54, 1.807) is 0 Å². The van der Waals surface area contributed by atoms with Crippen LogP contribution in [0.2, 0.25) is 0 Å². The van der Waals surface area contributed by atoms with Crippen molar-refractivity contribution in [3.05, 3.63) is 35.4 Å². The average molecular weight is 182 g/mol. The van der Waals surface area contributed by atoms with Gasteiger partial charge in [-0.25, -0.2) is 0 Å². The highest BCUT2D eigenvalue weighted by atomic mass is 31.2. The van der Waals surface area contributed by atoms with Crippen molar-refractivity contribution in [3.63, 3.8) is 0 Å². The second kappa shape index (κ2) is 2.72. The number of hydrogen-bond donors (Lipinski definition) is 0. The number of benzene rings is 1. The molecule has 1 aliphatic rings. The molecule has 2 nitrogen and oxygen atoms in total. The van der Waals surface area contributed by atoms with Crippen LogP contribution < -0.4 is 0 Å². The van der Waals surface area contributed by atoms with Gasteiger partial charge in [0.1, 0.15) is 0 Å². The van der Waals surface area contributed by atoms with E-state index in [4.69, 9.17) is 4.52 Å². The lowest BCUT2D eigenvalue weighted by atomic mass is 10.1. The van der Waals surface area contributed by atoms with Crippen molar-refractivity contribution in [1.29, 1.82) is 0 Å². The Kier molecular flexibility index (Phi) is 1.82. The first-order valence-corrected chi connectivity index (χ1v) is 5.94. The summed E-state index contributed by atoms with van der Waals surface area (Å²) in [5.74, 6) is 0. The summed E-state index contributed by atoms with van der Waals surface area (Å²) in [6.45, 7) is 0. The molecule has 1 aromatic rings. The molecular formula is C9H11O2P. The van der Waals surface area contributed by atoms with Gasteiger partial charge in [-0.3, -0.25) is 4.57 Å². The molecule has 0 amide bonds. The van der Waals surface area contributed by atoms with Crippen LogP contribution in [-0.4, -0.2) is 7.11 Å². The van der Waals surface area contributed by atoms with Crippen LogP contribution in [0.3, 0.4) is 0 Å². The third-order valence-electron chi connectivity index (χ3n) is 2.27. The molecule has 0 saturated heterocycles. The molecule has 2 rings (SSSR count). The number of hydrogen-bond acceptors (Lipinski definition) is 2. The predicted octanol–water partition coefficient (Wildman–Crippen LogP) is 2.62. The Balaban J connectivity index is 2.39. The Morgan fingerprint density at radius 3 is 2.17 bits per heavy atom. The summed E-state index contributed by atoms with van der Waals surface area (Å²) >= 11 is 0. The fourth-order valence-corrected chi connectivity index (χ4v) is 3.60. The highest BCUT2D eigenvalue weighted by Gasteiger charge is 2.30. The minimum absolute atomic E-state index is 0.611. The van der Waals surface area contributed by atoms with Crippen LogP contribution in [0.5, 0.6) is 0 Å². The summed E-state index contributed by atoms with van der Waals surface area (Å²) < 4.78 is 16.9. The Hall–Kier alpha value is -0.590. The van der Waals surface area contributed by atoms with Crippen LogP contribution in [0.4, 0.5) is 0 Å². The molecule has 0 atom stereocenters. The van der Waals surface area contributed by atoms with E-state index in [-0.39, 0.29) is 0 Å².